The standard InChI is InChI=1S/C14H12FN3S/c15-10-4-3-6-11(9(10)8-16)17-14-18-12-5-1-2-7-13(12)19-14/h3-4,6H,1-2,5,7H2,(H,17,18). The van der Waals surface area contributed by atoms with Gasteiger partial charge in [0.25, 0.3) is 0 Å². The van der Waals surface area contributed by atoms with Crippen LogP contribution in [-0.2, 0) is 12.8 Å². The zero-order chi connectivity index (χ0) is 13.2. The highest BCUT2D eigenvalue weighted by Crippen LogP contribution is 2.32. The van der Waals surface area contributed by atoms with Gasteiger partial charge < -0.3 is 5.32 Å². The maximum absolute atomic E-state index is 13.5. The molecule has 1 aromatic carbocycles. The maximum atomic E-state index is 13.5. The number of anilines is 2. The highest BCUT2D eigenvalue weighted by atomic mass is 32.1. The summed E-state index contributed by atoms with van der Waals surface area (Å²) in [6.07, 6.45) is 4.47. The Morgan fingerprint density at radius 3 is 2.95 bits per heavy atom. The van der Waals surface area contributed by atoms with Crippen molar-refractivity contribution in [1.82, 2.24) is 4.98 Å². The lowest BCUT2D eigenvalue weighted by molar-refractivity contribution is 0.624. The molecule has 5 heteroatoms. The van der Waals surface area contributed by atoms with Gasteiger partial charge in [0, 0.05) is 4.88 Å². The molecule has 0 bridgehead atoms. The van der Waals surface area contributed by atoms with Crippen molar-refractivity contribution < 1.29 is 4.39 Å². The topological polar surface area (TPSA) is 48.7 Å². The summed E-state index contributed by atoms with van der Waals surface area (Å²) in [5, 5.41) is 12.8. The van der Waals surface area contributed by atoms with Gasteiger partial charge in [-0.25, -0.2) is 9.37 Å². The highest BCUT2D eigenvalue weighted by Gasteiger charge is 2.16. The third kappa shape index (κ3) is 2.32. The predicted octanol–water partition coefficient (Wildman–Crippen LogP) is 3.78. The third-order valence-electron chi connectivity index (χ3n) is 3.21. The van der Waals surface area contributed by atoms with Gasteiger partial charge in [0.15, 0.2) is 5.13 Å². The van der Waals surface area contributed by atoms with Crippen LogP contribution < -0.4 is 5.32 Å². The fourth-order valence-electron chi connectivity index (χ4n) is 2.26. The number of nitriles is 1. The number of hydrogen-bond donors (Lipinski definition) is 1. The number of nitrogens with one attached hydrogen (secondary N) is 1. The van der Waals surface area contributed by atoms with Gasteiger partial charge in [-0.15, -0.1) is 11.3 Å². The first kappa shape index (κ1) is 12.1. The van der Waals surface area contributed by atoms with Crippen molar-refractivity contribution in [3.8, 4) is 6.07 Å². The van der Waals surface area contributed by atoms with Gasteiger partial charge in [0.2, 0.25) is 0 Å². The Bertz CT molecular complexity index is 634. The van der Waals surface area contributed by atoms with Crippen LogP contribution in [0.5, 0.6) is 0 Å². The Hall–Kier alpha value is -1.93. The van der Waals surface area contributed by atoms with Crippen LogP contribution in [0.2, 0.25) is 0 Å². The van der Waals surface area contributed by atoms with Crippen LogP contribution in [0.4, 0.5) is 15.2 Å². The normalized spacial score (nSPS) is 13.7. The molecule has 0 saturated heterocycles. The summed E-state index contributed by atoms with van der Waals surface area (Å²) in [5.74, 6) is -0.506. The van der Waals surface area contributed by atoms with Crippen molar-refractivity contribution in [3.05, 3.63) is 40.2 Å². The van der Waals surface area contributed by atoms with E-state index in [-0.39, 0.29) is 5.56 Å². The smallest absolute Gasteiger partial charge is 0.187 e. The molecule has 96 valence electrons. The molecule has 1 aliphatic carbocycles. The molecule has 2 aromatic rings. The Morgan fingerprint density at radius 2 is 2.16 bits per heavy atom. The monoisotopic (exact) mass is 273 g/mol. The summed E-state index contributed by atoms with van der Waals surface area (Å²) in [6, 6.07) is 6.46. The second-order valence-corrected chi connectivity index (χ2v) is 5.58. The zero-order valence-corrected chi connectivity index (χ0v) is 11.1. The van der Waals surface area contributed by atoms with E-state index in [1.54, 1.807) is 23.5 Å². The first-order valence-corrected chi connectivity index (χ1v) is 7.04. The van der Waals surface area contributed by atoms with Gasteiger partial charge in [-0.05, 0) is 37.8 Å². The van der Waals surface area contributed by atoms with Crippen LogP contribution in [0, 0.1) is 17.1 Å². The van der Waals surface area contributed by atoms with E-state index in [1.165, 1.54) is 23.8 Å². The van der Waals surface area contributed by atoms with Crippen molar-refractivity contribution in [2.75, 3.05) is 5.32 Å². The van der Waals surface area contributed by atoms with Gasteiger partial charge in [-0.3, -0.25) is 0 Å². The van der Waals surface area contributed by atoms with Crippen molar-refractivity contribution in [2.24, 2.45) is 0 Å². The Balaban J connectivity index is 1.92. The molecule has 1 aromatic heterocycles. The molecule has 0 amide bonds. The zero-order valence-electron chi connectivity index (χ0n) is 10.2. The summed E-state index contributed by atoms with van der Waals surface area (Å²) < 4.78 is 13.5. The van der Waals surface area contributed by atoms with Crippen LogP contribution in [-0.4, -0.2) is 4.98 Å². The van der Waals surface area contributed by atoms with E-state index in [0.29, 0.717) is 5.69 Å². The van der Waals surface area contributed by atoms with Crippen LogP contribution in [0.15, 0.2) is 18.2 Å². The van der Waals surface area contributed by atoms with Crippen LogP contribution in [0.25, 0.3) is 0 Å². The third-order valence-corrected chi connectivity index (χ3v) is 4.29. The highest BCUT2D eigenvalue weighted by molar-refractivity contribution is 7.15. The number of aromatic nitrogens is 1. The first-order chi connectivity index (χ1) is 9.28. The van der Waals surface area contributed by atoms with Crippen LogP contribution in [0.3, 0.4) is 0 Å². The second-order valence-electron chi connectivity index (χ2n) is 4.50. The summed E-state index contributed by atoms with van der Waals surface area (Å²) in [7, 11) is 0. The minimum atomic E-state index is -0.506. The van der Waals surface area contributed by atoms with Crippen molar-refractivity contribution in [3.63, 3.8) is 0 Å². The summed E-state index contributed by atoms with van der Waals surface area (Å²) in [6.45, 7) is 0. The molecular weight excluding hydrogens is 261 g/mol. The van der Waals surface area contributed by atoms with E-state index in [4.69, 9.17) is 5.26 Å². The number of thiazole rings is 1. The number of rotatable bonds is 2. The second kappa shape index (κ2) is 4.98. The molecule has 0 unspecified atom stereocenters. The Morgan fingerprint density at radius 1 is 1.32 bits per heavy atom. The number of aryl methyl sites for hydroxylation is 2. The molecule has 3 rings (SSSR count). The van der Waals surface area contributed by atoms with E-state index < -0.39 is 5.82 Å². The summed E-state index contributed by atoms with van der Waals surface area (Å²) >= 11 is 1.60. The average molecular weight is 273 g/mol. The molecule has 1 aliphatic rings. The van der Waals surface area contributed by atoms with Crippen molar-refractivity contribution >= 4 is 22.2 Å². The van der Waals surface area contributed by atoms with Gasteiger partial charge in [0.1, 0.15) is 17.4 Å². The number of halogens is 1. The minimum absolute atomic E-state index is 0.0377. The van der Waals surface area contributed by atoms with Gasteiger partial charge in [-0.1, -0.05) is 6.07 Å². The van der Waals surface area contributed by atoms with Crippen LogP contribution >= 0.6 is 11.3 Å². The lowest BCUT2D eigenvalue weighted by atomic mass is 10.0. The lowest BCUT2D eigenvalue weighted by Crippen LogP contribution is -1.99. The van der Waals surface area contributed by atoms with Gasteiger partial charge in [-0.2, -0.15) is 5.26 Å². The molecule has 0 radical (unpaired) electrons. The minimum Gasteiger partial charge on any atom is -0.330 e. The van der Waals surface area contributed by atoms with E-state index in [2.05, 4.69) is 10.3 Å². The van der Waals surface area contributed by atoms with E-state index >= 15 is 0 Å². The number of hydrogen-bond acceptors (Lipinski definition) is 4. The predicted molar refractivity (Wildman–Crippen MR) is 73.2 cm³/mol. The molecule has 0 saturated carbocycles. The summed E-state index contributed by atoms with van der Waals surface area (Å²) in [5.41, 5.74) is 1.66. The molecule has 19 heavy (non-hydrogen) atoms. The number of nitrogens with zero attached hydrogens (tertiary/aromatic N) is 2. The SMILES string of the molecule is N#Cc1c(F)cccc1Nc1nc2c(s1)CCCC2. The fourth-order valence-corrected chi connectivity index (χ4v) is 3.32. The molecule has 1 heterocycles. The first-order valence-electron chi connectivity index (χ1n) is 6.22. The molecule has 3 nitrogen and oxygen atoms in total. The lowest BCUT2D eigenvalue weighted by Gasteiger charge is -2.06. The molecule has 0 fully saturated rings. The van der Waals surface area contributed by atoms with Gasteiger partial charge in [0.05, 0.1) is 11.4 Å². The fraction of sp³-hybridized carbons (Fsp3) is 0.286. The van der Waals surface area contributed by atoms with E-state index in [9.17, 15) is 4.39 Å². The molecule has 0 aliphatic heterocycles. The average Bonchev–Trinajstić information content (AvgIpc) is 2.81. The number of fused-ring (bicyclic) bond motifs is 1. The van der Waals surface area contributed by atoms with E-state index in [0.717, 1.165) is 23.7 Å². The van der Waals surface area contributed by atoms with Crippen molar-refractivity contribution in [2.45, 2.75) is 25.7 Å². The van der Waals surface area contributed by atoms with E-state index in [1.807, 2.05) is 6.07 Å². The maximum Gasteiger partial charge on any atom is 0.187 e. The Kier molecular flexibility index (Phi) is 3.18. The molecule has 0 spiro atoms. The largest absolute Gasteiger partial charge is 0.330 e. The quantitative estimate of drug-likeness (QED) is 0.906. The molecule has 1 N–H and O–H groups in total. The summed E-state index contributed by atoms with van der Waals surface area (Å²) in [4.78, 5) is 5.84. The number of benzene rings is 1. The van der Waals surface area contributed by atoms with Crippen LogP contribution in [0.1, 0.15) is 29.0 Å². The Labute approximate surface area is 114 Å². The molecule has 0 atom stereocenters. The molecular formula is C14H12FN3S. The van der Waals surface area contributed by atoms with Crippen molar-refractivity contribution in [1.29, 1.82) is 5.26 Å². The van der Waals surface area contributed by atoms with Gasteiger partial charge >= 0.3 is 0 Å².